The second-order valence-electron chi connectivity index (χ2n) is 3.83. The Morgan fingerprint density at radius 1 is 1.47 bits per heavy atom. The van der Waals surface area contributed by atoms with Crippen LogP contribution in [0, 0.1) is 16.0 Å². The van der Waals surface area contributed by atoms with Crippen LogP contribution in [-0.4, -0.2) is 15.9 Å². The first-order chi connectivity index (χ1) is 7.00. The summed E-state index contributed by atoms with van der Waals surface area (Å²) >= 11 is 0. The summed E-state index contributed by atoms with van der Waals surface area (Å²) in [5.41, 5.74) is 0.0588. The Morgan fingerprint density at radius 2 is 2.13 bits per heavy atom. The zero-order valence-electron chi connectivity index (χ0n) is 9.10. The van der Waals surface area contributed by atoms with Gasteiger partial charge in [0.2, 0.25) is 0 Å². The largest absolute Gasteiger partial charge is 0.367 e. The van der Waals surface area contributed by atoms with Gasteiger partial charge in [-0.3, -0.25) is 10.1 Å². The molecule has 82 valence electrons. The molecule has 1 heterocycles. The van der Waals surface area contributed by atoms with Gasteiger partial charge in [0, 0.05) is 18.3 Å². The molecule has 1 rings (SSSR count). The van der Waals surface area contributed by atoms with E-state index in [1.165, 1.54) is 18.3 Å². The number of hydrogen-bond acceptors (Lipinski definition) is 4. The molecule has 0 saturated carbocycles. The van der Waals surface area contributed by atoms with Gasteiger partial charge in [-0.2, -0.15) is 0 Å². The molecule has 15 heavy (non-hydrogen) atoms. The molecule has 5 heteroatoms. The van der Waals surface area contributed by atoms with Crippen LogP contribution in [0.4, 0.5) is 11.5 Å². The highest BCUT2D eigenvalue weighted by atomic mass is 16.6. The van der Waals surface area contributed by atoms with Crippen LogP contribution < -0.4 is 5.32 Å². The molecule has 5 nitrogen and oxygen atoms in total. The van der Waals surface area contributed by atoms with Gasteiger partial charge in [0.05, 0.1) is 11.0 Å². The lowest BCUT2D eigenvalue weighted by Crippen LogP contribution is -2.22. The number of aromatic nitrogens is 1. The molecule has 1 unspecified atom stereocenters. The third-order valence-corrected chi connectivity index (χ3v) is 2.33. The molecule has 0 spiro atoms. The third-order valence-electron chi connectivity index (χ3n) is 2.33. The monoisotopic (exact) mass is 209 g/mol. The zero-order valence-corrected chi connectivity index (χ0v) is 9.10. The number of nitrogens with zero attached hydrogens (tertiary/aromatic N) is 2. The van der Waals surface area contributed by atoms with Crippen molar-refractivity contribution in [2.45, 2.75) is 26.8 Å². The van der Waals surface area contributed by atoms with Crippen molar-refractivity contribution >= 4 is 11.5 Å². The summed E-state index contributed by atoms with van der Waals surface area (Å²) < 4.78 is 0. The molecule has 1 aromatic heterocycles. The minimum Gasteiger partial charge on any atom is -0.367 e. The smallest absolute Gasteiger partial charge is 0.274 e. The maximum Gasteiger partial charge on any atom is 0.274 e. The van der Waals surface area contributed by atoms with Crippen molar-refractivity contribution in [3.63, 3.8) is 0 Å². The van der Waals surface area contributed by atoms with Gasteiger partial charge in [0.25, 0.3) is 5.69 Å². The third kappa shape index (κ3) is 3.19. The normalized spacial score (nSPS) is 12.5. The number of pyridine rings is 1. The van der Waals surface area contributed by atoms with Crippen molar-refractivity contribution in [3.05, 3.63) is 28.4 Å². The second-order valence-corrected chi connectivity index (χ2v) is 3.83. The van der Waals surface area contributed by atoms with E-state index in [-0.39, 0.29) is 11.7 Å². The summed E-state index contributed by atoms with van der Waals surface area (Å²) in [7, 11) is 0. The minimum absolute atomic E-state index is 0.0588. The van der Waals surface area contributed by atoms with Crippen LogP contribution in [0.1, 0.15) is 20.8 Å². The van der Waals surface area contributed by atoms with Crippen molar-refractivity contribution in [3.8, 4) is 0 Å². The fraction of sp³-hybridized carbons (Fsp3) is 0.500. The molecular formula is C10H15N3O2. The summed E-state index contributed by atoms with van der Waals surface area (Å²) in [5.74, 6) is 0.997. The lowest BCUT2D eigenvalue weighted by Gasteiger charge is -2.17. The molecule has 0 radical (unpaired) electrons. The maximum atomic E-state index is 10.5. The highest BCUT2D eigenvalue weighted by Crippen LogP contribution is 2.16. The molecule has 1 aromatic rings. The predicted octanol–water partition coefficient (Wildman–Crippen LogP) is 2.45. The number of nitro groups is 1. The highest BCUT2D eigenvalue weighted by Gasteiger charge is 2.10. The van der Waals surface area contributed by atoms with Crippen molar-refractivity contribution in [1.82, 2.24) is 4.98 Å². The molecule has 1 N–H and O–H groups in total. The van der Waals surface area contributed by atoms with E-state index < -0.39 is 4.92 Å². The molecule has 0 aromatic carbocycles. The van der Waals surface area contributed by atoms with E-state index in [4.69, 9.17) is 0 Å². The maximum absolute atomic E-state index is 10.5. The van der Waals surface area contributed by atoms with Crippen LogP contribution in [0.25, 0.3) is 0 Å². The van der Waals surface area contributed by atoms with Gasteiger partial charge < -0.3 is 5.32 Å². The van der Waals surface area contributed by atoms with Crippen LogP contribution in [-0.2, 0) is 0 Å². The van der Waals surface area contributed by atoms with Gasteiger partial charge in [-0.15, -0.1) is 0 Å². The highest BCUT2D eigenvalue weighted by molar-refractivity contribution is 5.44. The first-order valence-electron chi connectivity index (χ1n) is 4.87. The molecule has 0 fully saturated rings. The summed E-state index contributed by atoms with van der Waals surface area (Å²) in [6, 6.07) is 3.06. The van der Waals surface area contributed by atoms with E-state index in [2.05, 4.69) is 24.1 Å². The Hall–Kier alpha value is -1.65. The van der Waals surface area contributed by atoms with Crippen molar-refractivity contribution in [2.75, 3.05) is 5.32 Å². The molecule has 0 amide bonds. The Morgan fingerprint density at radius 3 is 2.67 bits per heavy atom. The van der Waals surface area contributed by atoms with Crippen LogP contribution in [0.5, 0.6) is 0 Å². The summed E-state index contributed by atoms with van der Waals surface area (Å²) in [4.78, 5) is 14.1. The molecule has 0 saturated heterocycles. The lowest BCUT2D eigenvalue weighted by atomic mass is 10.1. The van der Waals surface area contributed by atoms with Gasteiger partial charge in [-0.05, 0) is 12.8 Å². The molecule has 0 bridgehead atoms. The Balaban J connectivity index is 2.78. The molecule has 1 atom stereocenters. The van der Waals surface area contributed by atoms with Crippen LogP contribution in [0.15, 0.2) is 18.3 Å². The molecule has 0 aliphatic rings. The first kappa shape index (κ1) is 11.4. The molecule has 0 aliphatic carbocycles. The van der Waals surface area contributed by atoms with Crippen molar-refractivity contribution in [1.29, 1.82) is 0 Å². The molecular weight excluding hydrogens is 194 g/mol. The van der Waals surface area contributed by atoms with Crippen LogP contribution in [0.3, 0.4) is 0 Å². The predicted molar refractivity (Wildman–Crippen MR) is 58.8 cm³/mol. The van der Waals surface area contributed by atoms with E-state index in [0.29, 0.717) is 11.7 Å². The minimum atomic E-state index is -0.424. The van der Waals surface area contributed by atoms with E-state index in [0.717, 1.165) is 0 Å². The average molecular weight is 209 g/mol. The van der Waals surface area contributed by atoms with Gasteiger partial charge >= 0.3 is 0 Å². The first-order valence-corrected chi connectivity index (χ1v) is 4.87. The Kier molecular flexibility index (Phi) is 3.60. The number of nitrogens with one attached hydrogen (secondary N) is 1. The van der Waals surface area contributed by atoms with Crippen LogP contribution in [0.2, 0.25) is 0 Å². The summed E-state index contributed by atoms with van der Waals surface area (Å²) in [6.45, 7) is 6.18. The van der Waals surface area contributed by atoms with Gasteiger partial charge in [0.15, 0.2) is 0 Å². The fourth-order valence-electron chi connectivity index (χ4n) is 1.01. The number of anilines is 1. The van der Waals surface area contributed by atoms with Gasteiger partial charge in [-0.1, -0.05) is 13.8 Å². The zero-order chi connectivity index (χ0) is 11.4. The standard InChI is InChI=1S/C10H15N3O2/c1-7(2)8(3)12-10-6-9(13(14)15)4-5-11-10/h4-8H,1-3H3,(H,11,12). The van der Waals surface area contributed by atoms with Gasteiger partial charge in [0.1, 0.15) is 5.82 Å². The Labute approximate surface area is 88.7 Å². The summed E-state index contributed by atoms with van der Waals surface area (Å²) in [6.07, 6.45) is 1.44. The van der Waals surface area contributed by atoms with E-state index in [9.17, 15) is 10.1 Å². The second kappa shape index (κ2) is 4.72. The van der Waals surface area contributed by atoms with E-state index in [1.807, 2.05) is 6.92 Å². The van der Waals surface area contributed by atoms with E-state index in [1.54, 1.807) is 0 Å². The lowest BCUT2D eigenvalue weighted by molar-refractivity contribution is -0.384. The van der Waals surface area contributed by atoms with Crippen LogP contribution >= 0.6 is 0 Å². The Bertz CT molecular complexity index is 352. The van der Waals surface area contributed by atoms with E-state index >= 15 is 0 Å². The molecule has 0 aliphatic heterocycles. The quantitative estimate of drug-likeness (QED) is 0.610. The van der Waals surface area contributed by atoms with Gasteiger partial charge in [-0.25, -0.2) is 4.98 Å². The topological polar surface area (TPSA) is 68.1 Å². The average Bonchev–Trinajstić information content (AvgIpc) is 2.18. The fourth-order valence-corrected chi connectivity index (χ4v) is 1.01. The summed E-state index contributed by atoms with van der Waals surface area (Å²) in [5, 5.41) is 13.6. The van der Waals surface area contributed by atoms with Crippen molar-refractivity contribution < 1.29 is 4.92 Å². The number of hydrogen-bond donors (Lipinski definition) is 1. The SMILES string of the molecule is CC(C)C(C)Nc1cc([N+](=O)[O-])ccn1. The van der Waals surface area contributed by atoms with Crippen molar-refractivity contribution in [2.24, 2.45) is 5.92 Å². The number of rotatable bonds is 4.